The molecule has 0 spiro atoms. The quantitative estimate of drug-likeness (QED) is 0.653. The van der Waals surface area contributed by atoms with Gasteiger partial charge >= 0.3 is 0 Å². The molecule has 1 N–H and O–H groups in total. The SMILES string of the molecule is O=[N+]([O-])c1ccccc1S(=O)(=O)N1CCCC(CCO)C1. The van der Waals surface area contributed by atoms with Gasteiger partial charge in [0.1, 0.15) is 0 Å². The van der Waals surface area contributed by atoms with Crippen molar-refractivity contribution in [1.29, 1.82) is 0 Å². The smallest absolute Gasteiger partial charge is 0.289 e. The van der Waals surface area contributed by atoms with E-state index in [0.717, 1.165) is 6.42 Å². The van der Waals surface area contributed by atoms with Crippen molar-refractivity contribution in [3.05, 3.63) is 34.4 Å². The van der Waals surface area contributed by atoms with Gasteiger partial charge in [-0.25, -0.2) is 8.42 Å². The van der Waals surface area contributed by atoms with Gasteiger partial charge in [0.15, 0.2) is 4.90 Å². The van der Waals surface area contributed by atoms with Crippen LogP contribution in [0.1, 0.15) is 19.3 Å². The van der Waals surface area contributed by atoms with Crippen LogP contribution in [0.5, 0.6) is 0 Å². The number of rotatable bonds is 5. The van der Waals surface area contributed by atoms with Crippen LogP contribution in [-0.4, -0.2) is 42.4 Å². The Labute approximate surface area is 123 Å². The summed E-state index contributed by atoms with van der Waals surface area (Å²) in [6, 6.07) is 5.39. The number of nitro groups is 1. The third-order valence-corrected chi connectivity index (χ3v) is 5.61. The number of aliphatic hydroxyl groups excluding tert-OH is 1. The average molecular weight is 314 g/mol. The van der Waals surface area contributed by atoms with Crippen molar-refractivity contribution in [3.8, 4) is 0 Å². The topological polar surface area (TPSA) is 101 Å². The summed E-state index contributed by atoms with van der Waals surface area (Å²) in [6.07, 6.45) is 2.11. The predicted molar refractivity (Wildman–Crippen MR) is 76.3 cm³/mol. The highest BCUT2D eigenvalue weighted by atomic mass is 32.2. The molecule has 1 aliphatic heterocycles. The van der Waals surface area contributed by atoms with Crippen LogP contribution in [0.4, 0.5) is 5.69 Å². The first-order valence-corrected chi connectivity index (χ1v) is 8.25. The minimum atomic E-state index is -3.88. The minimum Gasteiger partial charge on any atom is -0.396 e. The number of aliphatic hydroxyl groups is 1. The van der Waals surface area contributed by atoms with Crippen molar-refractivity contribution in [2.45, 2.75) is 24.2 Å². The van der Waals surface area contributed by atoms with Crippen LogP contribution >= 0.6 is 0 Å². The second-order valence-corrected chi connectivity index (χ2v) is 7.01. The molecule has 1 aromatic rings. The fourth-order valence-electron chi connectivity index (χ4n) is 2.63. The molecule has 1 aliphatic rings. The molecule has 0 saturated carbocycles. The first-order valence-electron chi connectivity index (χ1n) is 6.81. The van der Waals surface area contributed by atoms with Gasteiger partial charge in [0.25, 0.3) is 5.69 Å². The summed E-state index contributed by atoms with van der Waals surface area (Å²) < 4.78 is 26.5. The molecule has 1 fully saturated rings. The summed E-state index contributed by atoms with van der Waals surface area (Å²) in [7, 11) is -3.88. The Morgan fingerprint density at radius 1 is 1.38 bits per heavy atom. The molecule has 0 radical (unpaired) electrons. The molecule has 1 atom stereocenters. The van der Waals surface area contributed by atoms with Crippen LogP contribution in [0.2, 0.25) is 0 Å². The van der Waals surface area contributed by atoms with Gasteiger partial charge in [-0.3, -0.25) is 10.1 Å². The standard InChI is InChI=1S/C13H18N2O5S/c16-9-7-11-4-3-8-14(10-11)21(19,20)13-6-2-1-5-12(13)15(17)18/h1-2,5-6,11,16H,3-4,7-10H2. The van der Waals surface area contributed by atoms with Gasteiger partial charge in [-0.15, -0.1) is 0 Å². The summed E-state index contributed by atoms with van der Waals surface area (Å²) in [5.74, 6) is 0.0984. The number of sulfonamides is 1. The van der Waals surface area contributed by atoms with Crippen molar-refractivity contribution in [3.63, 3.8) is 0 Å². The molecular weight excluding hydrogens is 296 g/mol. The van der Waals surface area contributed by atoms with E-state index < -0.39 is 20.6 Å². The van der Waals surface area contributed by atoms with Gasteiger partial charge < -0.3 is 5.11 Å². The highest BCUT2D eigenvalue weighted by Crippen LogP contribution is 2.30. The molecule has 116 valence electrons. The van der Waals surface area contributed by atoms with Gasteiger partial charge in [0.2, 0.25) is 10.0 Å². The maximum Gasteiger partial charge on any atom is 0.289 e. The van der Waals surface area contributed by atoms with Crippen LogP contribution in [-0.2, 0) is 10.0 Å². The lowest BCUT2D eigenvalue weighted by Crippen LogP contribution is -2.40. The molecule has 8 heteroatoms. The second kappa shape index (κ2) is 6.50. The van der Waals surface area contributed by atoms with Gasteiger partial charge in [-0.05, 0) is 31.2 Å². The van der Waals surface area contributed by atoms with Crippen molar-refractivity contribution < 1.29 is 18.4 Å². The van der Waals surface area contributed by atoms with E-state index in [2.05, 4.69) is 0 Å². The van der Waals surface area contributed by atoms with Crippen LogP contribution in [0, 0.1) is 16.0 Å². The maximum absolute atomic E-state index is 12.6. The molecule has 21 heavy (non-hydrogen) atoms. The maximum atomic E-state index is 12.6. The lowest BCUT2D eigenvalue weighted by molar-refractivity contribution is -0.387. The Morgan fingerprint density at radius 3 is 2.76 bits per heavy atom. The Balaban J connectivity index is 2.32. The van der Waals surface area contributed by atoms with Gasteiger partial charge in [-0.2, -0.15) is 4.31 Å². The molecule has 1 saturated heterocycles. The van der Waals surface area contributed by atoms with Crippen molar-refractivity contribution in [1.82, 2.24) is 4.31 Å². The third kappa shape index (κ3) is 3.39. The van der Waals surface area contributed by atoms with Crippen LogP contribution < -0.4 is 0 Å². The van der Waals surface area contributed by atoms with Crippen LogP contribution in [0.3, 0.4) is 0 Å². The highest BCUT2D eigenvalue weighted by molar-refractivity contribution is 7.89. The summed E-state index contributed by atoms with van der Waals surface area (Å²) in [5.41, 5.74) is -0.401. The number of para-hydroxylation sites is 1. The van der Waals surface area contributed by atoms with Crippen molar-refractivity contribution in [2.75, 3.05) is 19.7 Å². The molecular formula is C13H18N2O5S. The van der Waals surface area contributed by atoms with E-state index in [9.17, 15) is 18.5 Å². The number of nitrogens with zero attached hydrogens (tertiary/aromatic N) is 2. The Hall–Kier alpha value is -1.51. The average Bonchev–Trinajstić information content (AvgIpc) is 2.48. The number of hydrogen-bond acceptors (Lipinski definition) is 5. The molecule has 7 nitrogen and oxygen atoms in total. The fourth-order valence-corrected chi connectivity index (χ4v) is 4.34. The molecule has 1 aromatic carbocycles. The summed E-state index contributed by atoms with van der Waals surface area (Å²) in [6.45, 7) is 0.676. The first kappa shape index (κ1) is 15.9. The number of piperidine rings is 1. The number of benzene rings is 1. The normalized spacial score (nSPS) is 20.3. The van der Waals surface area contributed by atoms with Crippen molar-refractivity contribution in [2.24, 2.45) is 5.92 Å². The zero-order valence-electron chi connectivity index (χ0n) is 11.5. The molecule has 0 aliphatic carbocycles. The van der Waals surface area contributed by atoms with E-state index in [0.29, 0.717) is 25.9 Å². The number of hydrogen-bond donors (Lipinski definition) is 1. The van der Waals surface area contributed by atoms with Crippen LogP contribution in [0.25, 0.3) is 0 Å². The summed E-state index contributed by atoms with van der Waals surface area (Å²) in [5, 5.41) is 20.0. The Bertz CT molecular complexity index is 615. The minimum absolute atomic E-state index is 0.0179. The fraction of sp³-hybridized carbons (Fsp3) is 0.538. The molecule has 0 amide bonds. The van der Waals surface area contributed by atoms with Gasteiger partial charge in [-0.1, -0.05) is 12.1 Å². The third-order valence-electron chi connectivity index (χ3n) is 3.70. The largest absolute Gasteiger partial charge is 0.396 e. The van der Waals surface area contributed by atoms with Gasteiger partial charge in [0, 0.05) is 25.8 Å². The Kier molecular flexibility index (Phi) is 4.92. The van der Waals surface area contributed by atoms with Crippen molar-refractivity contribution >= 4 is 15.7 Å². The lowest BCUT2D eigenvalue weighted by atomic mass is 9.97. The van der Waals surface area contributed by atoms with Crippen LogP contribution in [0.15, 0.2) is 29.2 Å². The van der Waals surface area contributed by atoms with E-state index >= 15 is 0 Å². The first-order chi connectivity index (χ1) is 9.96. The van der Waals surface area contributed by atoms with Gasteiger partial charge in [0.05, 0.1) is 4.92 Å². The Morgan fingerprint density at radius 2 is 2.10 bits per heavy atom. The lowest BCUT2D eigenvalue weighted by Gasteiger charge is -2.31. The second-order valence-electron chi connectivity index (χ2n) is 5.11. The number of nitro benzene ring substituents is 1. The monoisotopic (exact) mass is 314 g/mol. The summed E-state index contributed by atoms with van der Waals surface area (Å²) in [4.78, 5) is 10.1. The zero-order valence-corrected chi connectivity index (χ0v) is 12.3. The summed E-state index contributed by atoms with van der Waals surface area (Å²) >= 11 is 0. The van der Waals surface area contributed by atoms with E-state index in [1.165, 1.54) is 28.6 Å². The zero-order chi connectivity index (χ0) is 15.5. The molecule has 1 heterocycles. The van der Waals surface area contributed by atoms with E-state index in [1.807, 2.05) is 0 Å². The molecule has 1 unspecified atom stereocenters. The molecule has 2 rings (SSSR count). The highest BCUT2D eigenvalue weighted by Gasteiger charge is 2.34. The van der Waals surface area contributed by atoms with E-state index in [1.54, 1.807) is 0 Å². The molecule has 0 aromatic heterocycles. The molecule has 0 bridgehead atoms. The van der Waals surface area contributed by atoms with E-state index in [4.69, 9.17) is 5.11 Å². The van der Waals surface area contributed by atoms with E-state index in [-0.39, 0.29) is 17.4 Å². The predicted octanol–water partition coefficient (Wildman–Crippen LogP) is 1.38.